The number of para-hydroxylation sites is 1. The van der Waals surface area contributed by atoms with Crippen LogP contribution in [-0.4, -0.2) is 15.0 Å². The maximum Gasteiger partial charge on any atom is 0.160 e. The second-order valence-corrected chi connectivity index (χ2v) is 16.4. The number of furan rings is 1. The molecule has 0 saturated heterocycles. The van der Waals surface area contributed by atoms with Gasteiger partial charge in [-0.2, -0.15) is 0 Å². The first-order chi connectivity index (χ1) is 29.5. The van der Waals surface area contributed by atoms with Gasteiger partial charge in [-0.3, -0.25) is 0 Å². The number of benzene rings is 8. The largest absolute Gasteiger partial charge is 0.455 e. The number of aromatic nitrogens is 3. The summed E-state index contributed by atoms with van der Waals surface area (Å²) in [5, 5.41) is 5.43. The lowest BCUT2D eigenvalue weighted by Crippen LogP contribution is -2.14. The Bertz CT molecular complexity index is 3490. The molecular formula is C56H37N3O. The van der Waals surface area contributed by atoms with Gasteiger partial charge < -0.3 is 4.42 Å². The zero-order chi connectivity index (χ0) is 40.0. The van der Waals surface area contributed by atoms with Crippen molar-refractivity contribution in [2.75, 3.05) is 0 Å². The molecule has 0 bridgehead atoms. The molecule has 8 aromatic carbocycles. The highest BCUT2D eigenvalue weighted by Crippen LogP contribution is 2.49. The van der Waals surface area contributed by atoms with Gasteiger partial charge in [-0.25, -0.2) is 15.0 Å². The molecule has 3 aromatic heterocycles. The summed E-state index contributed by atoms with van der Waals surface area (Å²) in [6.45, 7) is 4.62. The number of rotatable bonds is 5. The van der Waals surface area contributed by atoms with Crippen molar-refractivity contribution in [2.45, 2.75) is 19.3 Å². The van der Waals surface area contributed by atoms with Crippen LogP contribution in [0.2, 0.25) is 0 Å². The van der Waals surface area contributed by atoms with Gasteiger partial charge in [0.1, 0.15) is 11.2 Å². The van der Waals surface area contributed by atoms with E-state index in [9.17, 15) is 0 Å². The molecular weight excluding hydrogens is 731 g/mol. The summed E-state index contributed by atoms with van der Waals surface area (Å²) >= 11 is 0. The van der Waals surface area contributed by atoms with E-state index in [1.54, 1.807) is 0 Å². The molecule has 1 aliphatic rings. The third kappa shape index (κ3) is 5.34. The van der Waals surface area contributed by atoms with E-state index in [1.165, 1.54) is 22.3 Å². The van der Waals surface area contributed by atoms with Crippen molar-refractivity contribution >= 4 is 43.6 Å². The number of hydrogen-bond acceptors (Lipinski definition) is 4. The normalized spacial score (nSPS) is 13.0. The van der Waals surface area contributed by atoms with Gasteiger partial charge in [0.15, 0.2) is 5.82 Å². The Balaban J connectivity index is 0.949. The average Bonchev–Trinajstić information content (AvgIpc) is 3.80. The van der Waals surface area contributed by atoms with Crippen LogP contribution in [0.25, 0.3) is 111 Å². The summed E-state index contributed by atoms with van der Waals surface area (Å²) in [7, 11) is 0. The highest BCUT2D eigenvalue weighted by Gasteiger charge is 2.35. The fraction of sp³-hybridized carbons (Fsp3) is 0.0536. The molecule has 0 amide bonds. The Morgan fingerprint density at radius 1 is 0.400 bits per heavy atom. The molecule has 0 saturated carbocycles. The van der Waals surface area contributed by atoms with Gasteiger partial charge in [-0.1, -0.05) is 166 Å². The second-order valence-electron chi connectivity index (χ2n) is 16.4. The van der Waals surface area contributed by atoms with Crippen LogP contribution in [0.4, 0.5) is 0 Å². The quantitative estimate of drug-likeness (QED) is 0.164. The number of fused-ring (bicyclic) bond motifs is 10. The van der Waals surface area contributed by atoms with Crippen molar-refractivity contribution in [3.63, 3.8) is 0 Å². The number of pyridine rings is 1. The minimum atomic E-state index is -0.0626. The molecule has 0 fully saturated rings. The first kappa shape index (κ1) is 34.4. The lowest BCUT2D eigenvalue weighted by Gasteiger charge is -2.21. The predicted octanol–water partition coefficient (Wildman–Crippen LogP) is 14.7. The van der Waals surface area contributed by atoms with Crippen LogP contribution >= 0.6 is 0 Å². The summed E-state index contributed by atoms with van der Waals surface area (Å²) in [4.78, 5) is 15.5. The number of hydrogen-bond donors (Lipinski definition) is 0. The molecule has 0 spiro atoms. The van der Waals surface area contributed by atoms with Gasteiger partial charge in [0.25, 0.3) is 0 Å². The molecule has 282 valence electrons. The summed E-state index contributed by atoms with van der Waals surface area (Å²) in [5.41, 5.74) is 17.0. The monoisotopic (exact) mass is 767 g/mol. The van der Waals surface area contributed by atoms with E-state index in [1.807, 2.05) is 18.2 Å². The first-order valence-electron chi connectivity index (χ1n) is 20.5. The standard InChI is InChI=1S/C56H37N3O/c1-56(2)46-19-11-9-17-40(46)44-32-39(25-29-47(44)56)55-58-49(35-13-5-3-6-14-35)33-50(59-55)36-23-21-34(22-24-36)38-26-30-51-45(31-38)41-27-28-43-52(54(41)60-51)42-18-10-12-20-48(42)57-53(43)37-15-7-4-8-16-37/h3-33H,1-2H3. The summed E-state index contributed by atoms with van der Waals surface area (Å²) in [6.07, 6.45) is 0. The Morgan fingerprint density at radius 2 is 1.02 bits per heavy atom. The molecule has 0 N–H and O–H groups in total. The fourth-order valence-corrected chi connectivity index (χ4v) is 9.44. The molecule has 11 aromatic rings. The SMILES string of the molecule is CC1(C)c2ccccc2-c2cc(-c3nc(-c4ccccc4)cc(-c4ccc(-c5ccc6oc7c(ccc8c(-c9ccccc9)nc9ccccc9c87)c6c5)cc4)n3)ccc21. The lowest BCUT2D eigenvalue weighted by atomic mass is 9.82. The van der Waals surface area contributed by atoms with Crippen molar-refractivity contribution < 1.29 is 4.42 Å². The van der Waals surface area contributed by atoms with Gasteiger partial charge in [0.05, 0.1) is 22.6 Å². The summed E-state index contributed by atoms with van der Waals surface area (Å²) in [6, 6.07) is 66.4. The van der Waals surface area contributed by atoms with E-state index in [4.69, 9.17) is 19.4 Å². The van der Waals surface area contributed by atoms with Crippen molar-refractivity contribution in [2.24, 2.45) is 0 Å². The molecule has 60 heavy (non-hydrogen) atoms. The van der Waals surface area contributed by atoms with E-state index in [2.05, 4.69) is 184 Å². The zero-order valence-electron chi connectivity index (χ0n) is 33.1. The number of nitrogens with zero attached hydrogens (tertiary/aromatic N) is 3. The second kappa shape index (κ2) is 13.2. The third-order valence-electron chi connectivity index (χ3n) is 12.5. The van der Waals surface area contributed by atoms with Gasteiger partial charge in [-0.15, -0.1) is 0 Å². The predicted molar refractivity (Wildman–Crippen MR) is 247 cm³/mol. The van der Waals surface area contributed by atoms with E-state index < -0.39 is 0 Å². The molecule has 0 aliphatic heterocycles. The van der Waals surface area contributed by atoms with Crippen LogP contribution < -0.4 is 0 Å². The fourth-order valence-electron chi connectivity index (χ4n) is 9.44. The van der Waals surface area contributed by atoms with E-state index in [0.717, 1.165) is 94.1 Å². The van der Waals surface area contributed by atoms with E-state index >= 15 is 0 Å². The molecule has 4 heteroatoms. The maximum absolute atomic E-state index is 6.74. The van der Waals surface area contributed by atoms with Crippen molar-refractivity contribution in [1.82, 2.24) is 15.0 Å². The average molecular weight is 768 g/mol. The van der Waals surface area contributed by atoms with Gasteiger partial charge >= 0.3 is 0 Å². The molecule has 3 heterocycles. The van der Waals surface area contributed by atoms with Crippen LogP contribution in [-0.2, 0) is 5.41 Å². The van der Waals surface area contributed by atoms with Crippen molar-refractivity contribution in [3.8, 4) is 67.4 Å². The minimum Gasteiger partial charge on any atom is -0.455 e. The molecule has 1 aliphatic carbocycles. The molecule has 0 radical (unpaired) electrons. The Labute approximate surface area is 347 Å². The lowest BCUT2D eigenvalue weighted by molar-refractivity contribution is 0.660. The highest BCUT2D eigenvalue weighted by molar-refractivity contribution is 6.24. The molecule has 4 nitrogen and oxygen atoms in total. The highest BCUT2D eigenvalue weighted by atomic mass is 16.3. The van der Waals surface area contributed by atoms with E-state index in [-0.39, 0.29) is 5.41 Å². The van der Waals surface area contributed by atoms with Crippen LogP contribution in [0, 0.1) is 0 Å². The zero-order valence-corrected chi connectivity index (χ0v) is 33.1. The van der Waals surface area contributed by atoms with Crippen LogP contribution in [0.3, 0.4) is 0 Å². The van der Waals surface area contributed by atoms with E-state index in [0.29, 0.717) is 5.82 Å². The minimum absolute atomic E-state index is 0.0626. The third-order valence-corrected chi connectivity index (χ3v) is 12.5. The Kier molecular flexibility index (Phi) is 7.54. The van der Waals surface area contributed by atoms with Crippen LogP contribution in [0.15, 0.2) is 192 Å². The van der Waals surface area contributed by atoms with Crippen molar-refractivity contribution in [3.05, 3.63) is 199 Å². The topological polar surface area (TPSA) is 51.8 Å². The van der Waals surface area contributed by atoms with Crippen LogP contribution in [0.5, 0.6) is 0 Å². The first-order valence-corrected chi connectivity index (χ1v) is 20.5. The van der Waals surface area contributed by atoms with Crippen molar-refractivity contribution in [1.29, 1.82) is 0 Å². The Morgan fingerprint density at radius 3 is 1.82 bits per heavy atom. The molecule has 12 rings (SSSR count). The summed E-state index contributed by atoms with van der Waals surface area (Å²) < 4.78 is 6.74. The van der Waals surface area contributed by atoms with Gasteiger partial charge in [0.2, 0.25) is 0 Å². The molecule has 0 atom stereocenters. The van der Waals surface area contributed by atoms with Gasteiger partial charge in [0, 0.05) is 54.6 Å². The summed E-state index contributed by atoms with van der Waals surface area (Å²) in [5.74, 6) is 0.713. The van der Waals surface area contributed by atoms with Crippen LogP contribution in [0.1, 0.15) is 25.0 Å². The smallest absolute Gasteiger partial charge is 0.160 e. The van der Waals surface area contributed by atoms with Gasteiger partial charge in [-0.05, 0) is 69.8 Å². The maximum atomic E-state index is 6.74. The molecule has 0 unspecified atom stereocenters. The Hall–Kier alpha value is -7.69.